The van der Waals surface area contributed by atoms with E-state index in [4.69, 9.17) is 4.74 Å². The van der Waals surface area contributed by atoms with E-state index in [-0.39, 0.29) is 11.7 Å². The molecule has 0 bridgehead atoms. The van der Waals surface area contributed by atoms with Crippen LogP contribution < -0.4 is 4.90 Å². The number of aryl methyl sites for hydroxylation is 1. The molecular weight excluding hydrogens is 325 g/mol. The second-order valence-electron chi connectivity index (χ2n) is 6.19. The van der Waals surface area contributed by atoms with Gasteiger partial charge < -0.3 is 9.64 Å². The molecule has 6 heteroatoms. The van der Waals surface area contributed by atoms with Crippen molar-refractivity contribution in [3.05, 3.63) is 16.4 Å². The van der Waals surface area contributed by atoms with E-state index < -0.39 is 6.17 Å². The highest BCUT2D eigenvalue weighted by Crippen LogP contribution is 2.25. The molecule has 0 N–H and O–H groups in total. The molecule has 2 atom stereocenters. The van der Waals surface area contributed by atoms with Crippen LogP contribution in [0.25, 0.3) is 0 Å². The monoisotopic (exact) mass is 345 g/mol. The molecular formula is C14H21BrFN3O. The number of aromatic nitrogens is 2. The Kier molecular flexibility index (Phi) is 4.64. The summed E-state index contributed by atoms with van der Waals surface area (Å²) in [6, 6.07) is 0. The standard InChI is InChI=1S/C14H21BrFN3O/c1-9-12(15)6-17-13(18-9)19-7-10(16)5-11(8-19)20-14(2,3)4/h6,10-11H,5,7-8H2,1-4H3/t10-,11-/m1/s1. The summed E-state index contributed by atoms with van der Waals surface area (Å²) in [5, 5.41) is 0. The van der Waals surface area contributed by atoms with Gasteiger partial charge in [-0.15, -0.1) is 0 Å². The maximum atomic E-state index is 13.9. The van der Waals surface area contributed by atoms with Gasteiger partial charge in [-0.25, -0.2) is 14.4 Å². The summed E-state index contributed by atoms with van der Waals surface area (Å²) in [5.41, 5.74) is 0.577. The Balaban J connectivity index is 2.13. The number of halogens is 2. The number of hydrogen-bond acceptors (Lipinski definition) is 4. The van der Waals surface area contributed by atoms with Crippen molar-refractivity contribution in [2.75, 3.05) is 18.0 Å². The molecule has 0 aromatic carbocycles. The van der Waals surface area contributed by atoms with Gasteiger partial charge in [-0.05, 0) is 43.6 Å². The molecule has 0 radical (unpaired) electrons. The average Bonchev–Trinajstić information content (AvgIpc) is 2.29. The molecule has 1 aliphatic heterocycles. The SMILES string of the molecule is Cc1nc(N2C[C@H](F)C[C@@H](OC(C)(C)C)C2)ncc1Br. The minimum atomic E-state index is -0.913. The molecule has 1 aliphatic rings. The number of nitrogens with zero attached hydrogens (tertiary/aromatic N) is 3. The van der Waals surface area contributed by atoms with E-state index >= 15 is 0 Å². The fourth-order valence-electron chi connectivity index (χ4n) is 2.33. The van der Waals surface area contributed by atoms with Gasteiger partial charge in [0.2, 0.25) is 5.95 Å². The average molecular weight is 346 g/mol. The summed E-state index contributed by atoms with van der Waals surface area (Å²) in [6.45, 7) is 8.80. The summed E-state index contributed by atoms with van der Waals surface area (Å²) >= 11 is 3.37. The summed E-state index contributed by atoms with van der Waals surface area (Å²) < 4.78 is 20.7. The Labute approximate surface area is 127 Å². The van der Waals surface area contributed by atoms with Crippen LogP contribution in [-0.4, -0.2) is 40.9 Å². The molecule has 0 spiro atoms. The minimum absolute atomic E-state index is 0.133. The van der Waals surface area contributed by atoms with Gasteiger partial charge in [0.25, 0.3) is 0 Å². The Morgan fingerprint density at radius 3 is 2.70 bits per heavy atom. The smallest absolute Gasteiger partial charge is 0.225 e. The van der Waals surface area contributed by atoms with Crippen molar-refractivity contribution in [3.63, 3.8) is 0 Å². The number of alkyl halides is 1. The van der Waals surface area contributed by atoms with Crippen molar-refractivity contribution < 1.29 is 9.13 Å². The third-order valence-electron chi connectivity index (χ3n) is 3.07. The van der Waals surface area contributed by atoms with E-state index in [2.05, 4.69) is 25.9 Å². The van der Waals surface area contributed by atoms with Gasteiger partial charge in [0, 0.05) is 19.2 Å². The third kappa shape index (κ3) is 4.12. The maximum absolute atomic E-state index is 13.9. The van der Waals surface area contributed by atoms with E-state index in [1.807, 2.05) is 32.6 Å². The summed E-state index contributed by atoms with van der Waals surface area (Å²) in [7, 11) is 0. The fraction of sp³-hybridized carbons (Fsp3) is 0.714. The van der Waals surface area contributed by atoms with E-state index in [0.29, 0.717) is 25.5 Å². The third-order valence-corrected chi connectivity index (χ3v) is 3.85. The Bertz CT molecular complexity index is 478. The molecule has 2 heterocycles. The van der Waals surface area contributed by atoms with Gasteiger partial charge in [0.05, 0.1) is 28.4 Å². The van der Waals surface area contributed by atoms with Crippen LogP contribution in [0.2, 0.25) is 0 Å². The van der Waals surface area contributed by atoms with E-state index in [0.717, 1.165) is 10.2 Å². The van der Waals surface area contributed by atoms with Crippen molar-refractivity contribution in [2.45, 2.75) is 52.0 Å². The van der Waals surface area contributed by atoms with Crippen LogP contribution in [0.4, 0.5) is 10.3 Å². The van der Waals surface area contributed by atoms with Gasteiger partial charge in [-0.2, -0.15) is 0 Å². The number of rotatable bonds is 2. The second kappa shape index (κ2) is 5.93. The van der Waals surface area contributed by atoms with Crippen LogP contribution in [0, 0.1) is 6.92 Å². The molecule has 0 amide bonds. The maximum Gasteiger partial charge on any atom is 0.225 e. The topological polar surface area (TPSA) is 38.2 Å². The van der Waals surface area contributed by atoms with E-state index in [1.54, 1.807) is 6.20 Å². The van der Waals surface area contributed by atoms with Crippen LogP contribution in [0.15, 0.2) is 10.7 Å². The molecule has 1 fully saturated rings. The van der Waals surface area contributed by atoms with Gasteiger partial charge in [0.1, 0.15) is 6.17 Å². The Morgan fingerprint density at radius 2 is 2.10 bits per heavy atom. The van der Waals surface area contributed by atoms with Crippen molar-refractivity contribution in [1.29, 1.82) is 0 Å². The van der Waals surface area contributed by atoms with Crippen LogP contribution in [-0.2, 0) is 4.74 Å². The van der Waals surface area contributed by atoms with Crippen molar-refractivity contribution in [2.24, 2.45) is 0 Å². The minimum Gasteiger partial charge on any atom is -0.371 e. The van der Waals surface area contributed by atoms with Crippen molar-refractivity contribution in [3.8, 4) is 0 Å². The molecule has 0 aliphatic carbocycles. The van der Waals surface area contributed by atoms with Gasteiger partial charge in [-0.3, -0.25) is 0 Å². The summed E-state index contributed by atoms with van der Waals surface area (Å²) in [5.74, 6) is 0.565. The fourth-order valence-corrected chi connectivity index (χ4v) is 2.53. The molecule has 2 rings (SSSR count). The lowest BCUT2D eigenvalue weighted by Gasteiger charge is -2.37. The number of piperidine rings is 1. The zero-order valence-corrected chi connectivity index (χ0v) is 13.9. The van der Waals surface area contributed by atoms with E-state index in [1.165, 1.54) is 0 Å². The van der Waals surface area contributed by atoms with Crippen LogP contribution >= 0.6 is 15.9 Å². The molecule has 112 valence electrons. The largest absolute Gasteiger partial charge is 0.371 e. The van der Waals surface area contributed by atoms with E-state index in [9.17, 15) is 4.39 Å². The molecule has 1 aromatic rings. The molecule has 0 saturated carbocycles. The van der Waals surface area contributed by atoms with Crippen LogP contribution in [0.5, 0.6) is 0 Å². The number of ether oxygens (including phenoxy) is 1. The Hall–Kier alpha value is -0.750. The predicted molar refractivity (Wildman–Crippen MR) is 80.8 cm³/mol. The van der Waals surface area contributed by atoms with Crippen molar-refractivity contribution in [1.82, 2.24) is 9.97 Å². The predicted octanol–water partition coefficient (Wildman–Crippen LogP) is 3.28. The summed E-state index contributed by atoms with van der Waals surface area (Å²) in [6.07, 6.45) is 1.09. The van der Waals surface area contributed by atoms with Crippen LogP contribution in [0.3, 0.4) is 0 Å². The van der Waals surface area contributed by atoms with Gasteiger partial charge >= 0.3 is 0 Å². The molecule has 1 saturated heterocycles. The first-order valence-electron chi connectivity index (χ1n) is 6.80. The highest BCUT2D eigenvalue weighted by Gasteiger charge is 2.31. The zero-order valence-electron chi connectivity index (χ0n) is 12.4. The summed E-state index contributed by atoms with van der Waals surface area (Å²) in [4.78, 5) is 10.5. The lowest BCUT2D eigenvalue weighted by atomic mass is 10.1. The highest BCUT2D eigenvalue weighted by molar-refractivity contribution is 9.10. The lowest BCUT2D eigenvalue weighted by molar-refractivity contribution is -0.0727. The quantitative estimate of drug-likeness (QED) is 0.824. The number of anilines is 1. The number of hydrogen-bond donors (Lipinski definition) is 0. The van der Waals surface area contributed by atoms with Crippen LogP contribution in [0.1, 0.15) is 32.9 Å². The Morgan fingerprint density at radius 1 is 1.40 bits per heavy atom. The molecule has 1 aromatic heterocycles. The molecule has 0 unspecified atom stereocenters. The normalized spacial score (nSPS) is 24.0. The lowest BCUT2D eigenvalue weighted by Crippen LogP contribution is -2.48. The molecule has 4 nitrogen and oxygen atoms in total. The first kappa shape index (κ1) is 15.6. The first-order chi connectivity index (χ1) is 9.24. The zero-order chi connectivity index (χ0) is 14.9. The first-order valence-corrected chi connectivity index (χ1v) is 7.60. The molecule has 20 heavy (non-hydrogen) atoms. The van der Waals surface area contributed by atoms with Gasteiger partial charge in [-0.1, -0.05) is 0 Å². The highest BCUT2D eigenvalue weighted by atomic mass is 79.9. The van der Waals surface area contributed by atoms with Crippen molar-refractivity contribution >= 4 is 21.9 Å². The second-order valence-corrected chi connectivity index (χ2v) is 7.05. The van der Waals surface area contributed by atoms with Gasteiger partial charge in [0.15, 0.2) is 0 Å².